The van der Waals surface area contributed by atoms with Crippen LogP contribution in [-0.4, -0.2) is 63.5 Å². The second-order valence-electron chi connectivity index (χ2n) is 6.13. The van der Waals surface area contributed by atoms with Gasteiger partial charge in [0.2, 0.25) is 0 Å². The molecule has 0 radical (unpaired) electrons. The van der Waals surface area contributed by atoms with Crippen LogP contribution >= 0.6 is 0 Å². The predicted octanol–water partition coefficient (Wildman–Crippen LogP) is 1.11. The van der Waals surface area contributed by atoms with Crippen molar-refractivity contribution in [3.8, 4) is 0 Å². The molecule has 2 unspecified atom stereocenters. The Hall–Kier alpha value is -0.160. The molecule has 2 saturated heterocycles. The first kappa shape index (κ1) is 14.3. The number of hydrogen-bond acceptors (Lipinski definition) is 4. The summed E-state index contributed by atoms with van der Waals surface area (Å²) in [5.41, 5.74) is 0.344. The highest BCUT2D eigenvalue weighted by Crippen LogP contribution is 2.31. The average Bonchev–Trinajstić information content (AvgIpc) is 2.28. The third kappa shape index (κ3) is 3.67. The van der Waals surface area contributed by atoms with E-state index in [1.807, 2.05) is 7.11 Å². The molecule has 4 heteroatoms. The van der Waals surface area contributed by atoms with Crippen molar-refractivity contribution >= 4 is 0 Å². The van der Waals surface area contributed by atoms with E-state index in [0.717, 1.165) is 39.3 Å². The number of hydrogen-bond donors (Lipinski definition) is 1. The SMILES string of the molecule is COCC1(CN2CC(C)OC(C)C2)CCNCC1. The van der Waals surface area contributed by atoms with Crippen molar-refractivity contribution in [2.75, 3.05) is 46.4 Å². The number of ether oxygens (including phenoxy) is 2. The summed E-state index contributed by atoms with van der Waals surface area (Å²) in [4.78, 5) is 2.57. The van der Waals surface area contributed by atoms with Gasteiger partial charge in [0.25, 0.3) is 0 Å². The molecule has 0 aromatic rings. The van der Waals surface area contributed by atoms with Gasteiger partial charge in [-0.3, -0.25) is 4.90 Å². The van der Waals surface area contributed by atoms with E-state index in [9.17, 15) is 0 Å². The molecule has 2 fully saturated rings. The van der Waals surface area contributed by atoms with E-state index in [-0.39, 0.29) is 0 Å². The van der Waals surface area contributed by atoms with Gasteiger partial charge in [-0.1, -0.05) is 0 Å². The molecular formula is C14H28N2O2. The zero-order valence-electron chi connectivity index (χ0n) is 12.1. The third-order valence-electron chi connectivity index (χ3n) is 4.17. The first-order chi connectivity index (χ1) is 8.63. The molecule has 2 atom stereocenters. The lowest BCUT2D eigenvalue weighted by molar-refractivity contribution is -0.0864. The normalized spacial score (nSPS) is 33.5. The summed E-state index contributed by atoms with van der Waals surface area (Å²) in [5.74, 6) is 0. The quantitative estimate of drug-likeness (QED) is 0.817. The van der Waals surface area contributed by atoms with Crippen molar-refractivity contribution in [3.63, 3.8) is 0 Å². The predicted molar refractivity (Wildman–Crippen MR) is 72.9 cm³/mol. The maximum absolute atomic E-state index is 5.81. The van der Waals surface area contributed by atoms with Crippen LogP contribution in [0.15, 0.2) is 0 Å². The number of piperidine rings is 1. The number of rotatable bonds is 4. The Morgan fingerprint density at radius 2 is 1.83 bits per heavy atom. The lowest BCUT2D eigenvalue weighted by Gasteiger charge is -2.44. The van der Waals surface area contributed by atoms with Crippen molar-refractivity contribution in [1.29, 1.82) is 0 Å². The maximum atomic E-state index is 5.81. The Balaban J connectivity index is 1.95. The van der Waals surface area contributed by atoms with E-state index in [4.69, 9.17) is 9.47 Å². The molecule has 0 aromatic heterocycles. The van der Waals surface area contributed by atoms with E-state index in [1.165, 1.54) is 12.8 Å². The summed E-state index contributed by atoms with van der Waals surface area (Å²) >= 11 is 0. The fraction of sp³-hybridized carbons (Fsp3) is 1.00. The van der Waals surface area contributed by atoms with Crippen LogP contribution in [0, 0.1) is 5.41 Å². The molecule has 2 rings (SSSR count). The van der Waals surface area contributed by atoms with E-state index in [1.54, 1.807) is 0 Å². The van der Waals surface area contributed by atoms with Crippen LogP contribution < -0.4 is 5.32 Å². The molecule has 0 saturated carbocycles. The minimum absolute atomic E-state index is 0.344. The number of morpholine rings is 1. The summed E-state index contributed by atoms with van der Waals surface area (Å²) in [7, 11) is 1.83. The van der Waals surface area contributed by atoms with Gasteiger partial charge in [0.05, 0.1) is 18.8 Å². The van der Waals surface area contributed by atoms with Crippen molar-refractivity contribution in [2.45, 2.75) is 38.9 Å². The van der Waals surface area contributed by atoms with Gasteiger partial charge >= 0.3 is 0 Å². The van der Waals surface area contributed by atoms with Gasteiger partial charge in [0.1, 0.15) is 0 Å². The minimum atomic E-state index is 0.344. The second-order valence-corrected chi connectivity index (χ2v) is 6.13. The molecule has 4 nitrogen and oxygen atoms in total. The topological polar surface area (TPSA) is 33.7 Å². The highest BCUT2D eigenvalue weighted by atomic mass is 16.5. The standard InChI is InChI=1S/C14H28N2O2/c1-12-8-16(9-13(2)18-12)10-14(11-17-3)4-6-15-7-5-14/h12-13,15H,4-11H2,1-3H3. The van der Waals surface area contributed by atoms with Crippen LogP contribution in [0.5, 0.6) is 0 Å². The van der Waals surface area contributed by atoms with Gasteiger partial charge in [-0.05, 0) is 39.8 Å². The van der Waals surface area contributed by atoms with Crippen molar-refractivity contribution < 1.29 is 9.47 Å². The van der Waals surface area contributed by atoms with Gasteiger partial charge < -0.3 is 14.8 Å². The van der Waals surface area contributed by atoms with Crippen LogP contribution in [0.4, 0.5) is 0 Å². The fourth-order valence-corrected chi connectivity index (χ4v) is 3.50. The van der Waals surface area contributed by atoms with Crippen LogP contribution in [-0.2, 0) is 9.47 Å². The highest BCUT2D eigenvalue weighted by Gasteiger charge is 2.35. The molecule has 106 valence electrons. The van der Waals surface area contributed by atoms with Crippen molar-refractivity contribution in [1.82, 2.24) is 10.2 Å². The number of nitrogens with one attached hydrogen (secondary N) is 1. The summed E-state index contributed by atoms with van der Waals surface area (Å²) in [6.45, 7) is 10.8. The summed E-state index contributed by atoms with van der Waals surface area (Å²) in [6, 6.07) is 0. The molecular weight excluding hydrogens is 228 g/mol. The molecule has 1 N–H and O–H groups in total. The zero-order valence-corrected chi connectivity index (χ0v) is 12.1. The van der Waals surface area contributed by atoms with Crippen LogP contribution in [0.25, 0.3) is 0 Å². The molecule has 0 bridgehead atoms. The Labute approximate surface area is 111 Å². The van der Waals surface area contributed by atoms with Crippen molar-refractivity contribution in [3.05, 3.63) is 0 Å². The Morgan fingerprint density at radius 1 is 1.22 bits per heavy atom. The molecule has 0 aromatic carbocycles. The number of nitrogens with zero attached hydrogens (tertiary/aromatic N) is 1. The van der Waals surface area contributed by atoms with E-state index < -0.39 is 0 Å². The van der Waals surface area contributed by atoms with Gasteiger partial charge in [0.15, 0.2) is 0 Å². The van der Waals surface area contributed by atoms with Crippen LogP contribution in [0.1, 0.15) is 26.7 Å². The van der Waals surface area contributed by atoms with Crippen LogP contribution in [0.3, 0.4) is 0 Å². The summed E-state index contributed by atoms with van der Waals surface area (Å²) < 4.78 is 11.3. The smallest absolute Gasteiger partial charge is 0.0678 e. The van der Waals surface area contributed by atoms with Crippen molar-refractivity contribution in [2.24, 2.45) is 5.41 Å². The largest absolute Gasteiger partial charge is 0.384 e. The zero-order chi connectivity index (χ0) is 13.0. The lowest BCUT2D eigenvalue weighted by atomic mass is 9.79. The summed E-state index contributed by atoms with van der Waals surface area (Å²) in [6.07, 6.45) is 3.16. The van der Waals surface area contributed by atoms with E-state index >= 15 is 0 Å². The van der Waals surface area contributed by atoms with Gasteiger partial charge in [-0.25, -0.2) is 0 Å². The van der Waals surface area contributed by atoms with E-state index in [0.29, 0.717) is 17.6 Å². The van der Waals surface area contributed by atoms with E-state index in [2.05, 4.69) is 24.1 Å². The van der Waals surface area contributed by atoms with Gasteiger partial charge in [-0.2, -0.15) is 0 Å². The Kier molecular flexibility index (Phi) is 5.01. The number of methoxy groups -OCH3 is 1. The molecule has 0 spiro atoms. The Morgan fingerprint density at radius 3 is 2.39 bits per heavy atom. The third-order valence-corrected chi connectivity index (χ3v) is 4.17. The first-order valence-corrected chi connectivity index (χ1v) is 7.21. The highest BCUT2D eigenvalue weighted by molar-refractivity contribution is 4.89. The maximum Gasteiger partial charge on any atom is 0.0678 e. The molecule has 2 heterocycles. The van der Waals surface area contributed by atoms with Crippen LogP contribution in [0.2, 0.25) is 0 Å². The molecule has 2 aliphatic rings. The minimum Gasteiger partial charge on any atom is -0.384 e. The molecule has 2 aliphatic heterocycles. The second kappa shape index (κ2) is 6.33. The fourth-order valence-electron chi connectivity index (χ4n) is 3.50. The molecule has 18 heavy (non-hydrogen) atoms. The Bertz CT molecular complexity index is 239. The monoisotopic (exact) mass is 256 g/mol. The average molecular weight is 256 g/mol. The van der Waals surface area contributed by atoms with Gasteiger partial charge in [-0.15, -0.1) is 0 Å². The summed E-state index contributed by atoms with van der Waals surface area (Å²) in [5, 5.41) is 3.45. The molecule has 0 aliphatic carbocycles. The van der Waals surface area contributed by atoms with Gasteiger partial charge in [0, 0.05) is 32.2 Å². The molecule has 0 amide bonds. The first-order valence-electron chi connectivity index (χ1n) is 7.21. The lowest BCUT2D eigenvalue weighted by Crippen LogP contribution is -2.53.